The van der Waals surface area contributed by atoms with E-state index in [-0.39, 0.29) is 30.0 Å². The van der Waals surface area contributed by atoms with Crippen molar-refractivity contribution in [2.75, 3.05) is 19.3 Å². The first-order valence-corrected chi connectivity index (χ1v) is 9.96. The maximum absolute atomic E-state index is 12.2. The standard InChI is InChI=1S/C17H24N6OS.HI/c1-18-17(22-15-7-8-16-20-13-21-23(16)11-15)19-9-10-25(24)12-14-5-3-2-4-6-14;/h2-6,13,15H,7-12H2,1H3,(H2,18,19,22);1H. The van der Waals surface area contributed by atoms with Crippen LogP contribution >= 0.6 is 24.0 Å². The third-order valence-electron chi connectivity index (χ3n) is 4.16. The first kappa shape index (κ1) is 20.8. The molecule has 142 valence electrons. The number of nitrogens with zero attached hydrogens (tertiary/aromatic N) is 4. The summed E-state index contributed by atoms with van der Waals surface area (Å²) in [5.74, 6) is 2.96. The van der Waals surface area contributed by atoms with Gasteiger partial charge in [-0.2, -0.15) is 5.10 Å². The van der Waals surface area contributed by atoms with E-state index in [4.69, 9.17) is 0 Å². The SMILES string of the molecule is CN=C(NCCS(=O)Cc1ccccc1)NC1CCc2ncnn2C1.I. The molecular weight excluding hydrogens is 463 g/mol. The molecule has 3 rings (SSSR count). The van der Waals surface area contributed by atoms with E-state index in [2.05, 4.69) is 25.7 Å². The number of halogens is 1. The quantitative estimate of drug-likeness (QED) is 0.364. The van der Waals surface area contributed by atoms with Gasteiger partial charge >= 0.3 is 0 Å². The minimum absolute atomic E-state index is 0. The Hall–Kier alpha value is -1.49. The summed E-state index contributed by atoms with van der Waals surface area (Å²) in [4.78, 5) is 8.50. The maximum atomic E-state index is 12.2. The highest BCUT2D eigenvalue weighted by Crippen LogP contribution is 2.11. The Morgan fingerprint density at radius 3 is 2.96 bits per heavy atom. The summed E-state index contributed by atoms with van der Waals surface area (Å²) < 4.78 is 14.1. The molecule has 2 heterocycles. The number of aliphatic imine (C=N–C) groups is 1. The number of fused-ring (bicyclic) bond motifs is 1. The lowest BCUT2D eigenvalue weighted by atomic mass is 10.1. The molecule has 1 aliphatic rings. The van der Waals surface area contributed by atoms with Crippen LogP contribution in [0.1, 0.15) is 17.8 Å². The van der Waals surface area contributed by atoms with Crippen LogP contribution in [-0.4, -0.2) is 50.3 Å². The number of aryl methyl sites for hydroxylation is 1. The molecule has 1 aliphatic heterocycles. The highest BCUT2D eigenvalue weighted by Gasteiger charge is 2.20. The Morgan fingerprint density at radius 2 is 2.19 bits per heavy atom. The highest BCUT2D eigenvalue weighted by molar-refractivity contribution is 14.0. The molecule has 0 saturated heterocycles. The smallest absolute Gasteiger partial charge is 0.191 e. The summed E-state index contributed by atoms with van der Waals surface area (Å²) in [5.41, 5.74) is 1.11. The minimum atomic E-state index is -0.888. The van der Waals surface area contributed by atoms with Crippen LogP contribution in [-0.2, 0) is 29.5 Å². The van der Waals surface area contributed by atoms with Gasteiger partial charge in [0, 0.05) is 48.4 Å². The Bertz CT molecular complexity index is 736. The van der Waals surface area contributed by atoms with Crippen molar-refractivity contribution in [2.24, 2.45) is 4.99 Å². The number of hydrogen-bond acceptors (Lipinski definition) is 4. The van der Waals surface area contributed by atoms with Crippen LogP contribution < -0.4 is 10.6 Å². The first-order chi connectivity index (χ1) is 12.2. The second-order valence-electron chi connectivity index (χ2n) is 6.01. The van der Waals surface area contributed by atoms with Gasteiger partial charge in [0.15, 0.2) is 5.96 Å². The number of aromatic nitrogens is 3. The van der Waals surface area contributed by atoms with Crippen molar-refractivity contribution in [3.63, 3.8) is 0 Å². The maximum Gasteiger partial charge on any atom is 0.191 e. The van der Waals surface area contributed by atoms with E-state index < -0.39 is 10.8 Å². The fourth-order valence-electron chi connectivity index (χ4n) is 2.86. The monoisotopic (exact) mass is 488 g/mol. The highest BCUT2D eigenvalue weighted by atomic mass is 127. The van der Waals surface area contributed by atoms with Crippen molar-refractivity contribution in [1.29, 1.82) is 0 Å². The van der Waals surface area contributed by atoms with Gasteiger partial charge in [-0.15, -0.1) is 24.0 Å². The summed E-state index contributed by atoms with van der Waals surface area (Å²) in [6, 6.07) is 10.2. The van der Waals surface area contributed by atoms with Crippen LogP contribution in [0.4, 0.5) is 0 Å². The van der Waals surface area contributed by atoms with Gasteiger partial charge in [-0.25, -0.2) is 9.67 Å². The zero-order valence-electron chi connectivity index (χ0n) is 14.8. The van der Waals surface area contributed by atoms with Crippen molar-refractivity contribution in [1.82, 2.24) is 25.4 Å². The third kappa shape index (κ3) is 6.04. The van der Waals surface area contributed by atoms with Crippen LogP contribution in [0.2, 0.25) is 0 Å². The summed E-state index contributed by atoms with van der Waals surface area (Å²) in [5, 5.41) is 10.9. The van der Waals surface area contributed by atoms with E-state index in [9.17, 15) is 4.21 Å². The Labute approximate surface area is 173 Å². The number of benzene rings is 1. The topological polar surface area (TPSA) is 84.2 Å². The van der Waals surface area contributed by atoms with E-state index in [1.54, 1.807) is 13.4 Å². The van der Waals surface area contributed by atoms with Crippen molar-refractivity contribution >= 4 is 40.7 Å². The second kappa shape index (κ2) is 10.6. The molecule has 26 heavy (non-hydrogen) atoms. The average molecular weight is 488 g/mol. The number of hydrogen-bond donors (Lipinski definition) is 2. The molecule has 0 fully saturated rings. The average Bonchev–Trinajstić information content (AvgIpc) is 3.09. The Balaban J connectivity index is 0.00000243. The van der Waals surface area contributed by atoms with Gasteiger partial charge in [0.2, 0.25) is 0 Å². The summed E-state index contributed by atoms with van der Waals surface area (Å²) >= 11 is 0. The molecule has 2 unspecified atom stereocenters. The fraction of sp³-hybridized carbons (Fsp3) is 0.471. The molecule has 2 aromatic rings. The van der Waals surface area contributed by atoms with Crippen LogP contribution in [0.15, 0.2) is 41.7 Å². The van der Waals surface area contributed by atoms with E-state index in [0.29, 0.717) is 18.1 Å². The van der Waals surface area contributed by atoms with E-state index >= 15 is 0 Å². The van der Waals surface area contributed by atoms with E-state index in [1.165, 1.54) is 0 Å². The van der Waals surface area contributed by atoms with Crippen LogP contribution in [0.25, 0.3) is 0 Å². The van der Waals surface area contributed by atoms with Gasteiger partial charge in [0.05, 0.1) is 6.54 Å². The number of guanidine groups is 1. The summed E-state index contributed by atoms with van der Waals surface area (Å²) in [7, 11) is 0.862. The van der Waals surface area contributed by atoms with Gasteiger partial charge in [-0.1, -0.05) is 30.3 Å². The lowest BCUT2D eigenvalue weighted by Gasteiger charge is -2.25. The number of rotatable bonds is 6. The van der Waals surface area contributed by atoms with Crippen molar-refractivity contribution in [3.05, 3.63) is 48.0 Å². The zero-order chi connectivity index (χ0) is 17.5. The van der Waals surface area contributed by atoms with Gasteiger partial charge in [-0.05, 0) is 12.0 Å². The molecule has 0 saturated carbocycles. The predicted molar refractivity (Wildman–Crippen MR) is 115 cm³/mol. The third-order valence-corrected chi connectivity index (χ3v) is 5.48. The molecule has 2 atom stereocenters. The molecule has 2 N–H and O–H groups in total. The van der Waals surface area contributed by atoms with Gasteiger partial charge in [0.1, 0.15) is 12.2 Å². The molecule has 0 spiro atoms. The summed E-state index contributed by atoms with van der Waals surface area (Å²) in [6.45, 7) is 1.41. The van der Waals surface area contributed by atoms with Crippen molar-refractivity contribution in [2.45, 2.75) is 31.2 Å². The largest absolute Gasteiger partial charge is 0.355 e. The predicted octanol–water partition coefficient (Wildman–Crippen LogP) is 1.32. The molecule has 0 radical (unpaired) electrons. The van der Waals surface area contributed by atoms with E-state index in [1.807, 2.05) is 35.0 Å². The molecular formula is C17H25IN6OS. The van der Waals surface area contributed by atoms with E-state index in [0.717, 1.165) is 36.7 Å². The summed E-state index contributed by atoms with van der Waals surface area (Å²) in [6.07, 6.45) is 3.52. The van der Waals surface area contributed by atoms with Crippen LogP contribution in [0.5, 0.6) is 0 Å². The van der Waals surface area contributed by atoms with Crippen molar-refractivity contribution in [3.8, 4) is 0 Å². The normalized spacial score (nSPS) is 17.7. The minimum Gasteiger partial charge on any atom is -0.355 e. The van der Waals surface area contributed by atoms with Crippen molar-refractivity contribution < 1.29 is 4.21 Å². The van der Waals surface area contributed by atoms with Crippen LogP contribution in [0, 0.1) is 0 Å². The Morgan fingerprint density at radius 1 is 1.38 bits per heavy atom. The van der Waals surface area contributed by atoms with Crippen LogP contribution in [0.3, 0.4) is 0 Å². The lowest BCUT2D eigenvalue weighted by molar-refractivity contribution is 0.393. The fourth-order valence-corrected chi connectivity index (χ4v) is 3.90. The van der Waals surface area contributed by atoms with Gasteiger partial charge in [0.25, 0.3) is 0 Å². The van der Waals surface area contributed by atoms with Gasteiger partial charge in [-0.3, -0.25) is 9.20 Å². The van der Waals surface area contributed by atoms with Gasteiger partial charge < -0.3 is 10.6 Å². The molecule has 1 aromatic heterocycles. The lowest BCUT2D eigenvalue weighted by Crippen LogP contribution is -2.47. The first-order valence-electron chi connectivity index (χ1n) is 8.47. The Kier molecular flexibility index (Phi) is 8.49. The zero-order valence-corrected chi connectivity index (χ0v) is 17.9. The molecule has 0 aliphatic carbocycles. The molecule has 0 bridgehead atoms. The molecule has 9 heteroatoms. The molecule has 7 nitrogen and oxygen atoms in total. The molecule has 0 amide bonds. The number of nitrogens with one attached hydrogen (secondary N) is 2. The second-order valence-corrected chi connectivity index (χ2v) is 7.59. The molecule has 1 aromatic carbocycles.